The Labute approximate surface area is 139 Å². The number of benzene rings is 2. The Morgan fingerprint density at radius 3 is 2.17 bits per heavy atom. The molecule has 0 radical (unpaired) electrons. The van der Waals surface area contributed by atoms with Crippen molar-refractivity contribution in [3.05, 3.63) is 71.8 Å². The Bertz CT molecular complexity index is 646. The summed E-state index contributed by atoms with van der Waals surface area (Å²) >= 11 is 1.51. The summed E-state index contributed by atoms with van der Waals surface area (Å²) in [7, 11) is 0. The van der Waals surface area contributed by atoms with Crippen LogP contribution < -0.4 is 5.32 Å². The number of aliphatic carboxylic acids is 1. The van der Waals surface area contributed by atoms with E-state index < -0.39 is 12.0 Å². The van der Waals surface area contributed by atoms with Gasteiger partial charge in [-0.05, 0) is 17.7 Å². The van der Waals surface area contributed by atoms with E-state index >= 15 is 0 Å². The molecule has 0 spiro atoms. The second-order valence-electron chi connectivity index (χ2n) is 5.16. The minimum Gasteiger partial charge on any atom is -0.480 e. The largest absolute Gasteiger partial charge is 0.480 e. The maximum atomic E-state index is 12.2. The molecule has 2 N–H and O–H groups in total. The minimum atomic E-state index is -1.03. The van der Waals surface area contributed by atoms with E-state index in [1.54, 1.807) is 24.3 Å². The van der Waals surface area contributed by atoms with Gasteiger partial charge in [-0.25, -0.2) is 4.79 Å². The van der Waals surface area contributed by atoms with E-state index in [0.717, 1.165) is 5.56 Å². The molecule has 0 aliphatic carbocycles. The summed E-state index contributed by atoms with van der Waals surface area (Å²) in [6, 6.07) is 17.5. The van der Waals surface area contributed by atoms with Crippen molar-refractivity contribution in [2.75, 3.05) is 0 Å². The van der Waals surface area contributed by atoms with Gasteiger partial charge in [0, 0.05) is 16.6 Å². The standard InChI is InChI=1S/C18H19NO3S/c1-13(23-12-14-8-4-2-5-9-14)16(18(21)22)19-17(20)15-10-6-3-7-11-15/h2-11,13,16H,12H2,1H3,(H,19,20)(H,21,22). The van der Waals surface area contributed by atoms with Crippen LogP contribution in [0.4, 0.5) is 0 Å². The van der Waals surface area contributed by atoms with Gasteiger partial charge in [0.05, 0.1) is 0 Å². The van der Waals surface area contributed by atoms with Gasteiger partial charge in [-0.1, -0.05) is 55.5 Å². The predicted molar refractivity (Wildman–Crippen MR) is 92.5 cm³/mol. The third-order valence-corrected chi connectivity index (χ3v) is 4.71. The maximum absolute atomic E-state index is 12.2. The average Bonchev–Trinajstić information content (AvgIpc) is 2.58. The molecule has 1 amide bonds. The van der Waals surface area contributed by atoms with E-state index in [1.165, 1.54) is 11.8 Å². The van der Waals surface area contributed by atoms with E-state index in [0.29, 0.717) is 11.3 Å². The zero-order valence-electron chi connectivity index (χ0n) is 12.8. The molecule has 0 aliphatic rings. The maximum Gasteiger partial charge on any atom is 0.327 e. The van der Waals surface area contributed by atoms with Gasteiger partial charge < -0.3 is 10.4 Å². The Balaban J connectivity index is 1.97. The van der Waals surface area contributed by atoms with E-state index in [-0.39, 0.29) is 11.2 Å². The van der Waals surface area contributed by atoms with Crippen LogP contribution in [0.15, 0.2) is 60.7 Å². The zero-order valence-corrected chi connectivity index (χ0v) is 13.6. The Morgan fingerprint density at radius 2 is 1.61 bits per heavy atom. The van der Waals surface area contributed by atoms with Crippen molar-refractivity contribution in [1.29, 1.82) is 0 Å². The van der Waals surface area contributed by atoms with E-state index in [2.05, 4.69) is 5.32 Å². The number of hydrogen-bond acceptors (Lipinski definition) is 3. The van der Waals surface area contributed by atoms with Gasteiger partial charge in [0.25, 0.3) is 5.91 Å². The van der Waals surface area contributed by atoms with Crippen LogP contribution in [-0.4, -0.2) is 28.3 Å². The molecule has 0 saturated carbocycles. The SMILES string of the molecule is CC(SCc1ccccc1)C(NC(=O)c1ccccc1)C(=O)O. The van der Waals surface area contributed by atoms with Gasteiger partial charge in [0.2, 0.25) is 0 Å². The number of carboxylic acids is 1. The molecule has 0 fully saturated rings. The van der Waals surface area contributed by atoms with Crippen molar-refractivity contribution in [2.24, 2.45) is 0 Å². The van der Waals surface area contributed by atoms with Gasteiger partial charge in [-0.3, -0.25) is 4.79 Å². The molecule has 2 atom stereocenters. The van der Waals surface area contributed by atoms with Crippen LogP contribution in [0, 0.1) is 0 Å². The fourth-order valence-electron chi connectivity index (χ4n) is 2.09. The van der Waals surface area contributed by atoms with Crippen LogP contribution in [0.5, 0.6) is 0 Å². The molecule has 2 unspecified atom stereocenters. The van der Waals surface area contributed by atoms with E-state index in [9.17, 15) is 14.7 Å². The number of carboxylic acid groups (broad SMARTS) is 1. The lowest BCUT2D eigenvalue weighted by Gasteiger charge is -2.21. The molecular weight excluding hydrogens is 310 g/mol. The van der Waals surface area contributed by atoms with Gasteiger partial charge in [0.15, 0.2) is 0 Å². The van der Waals surface area contributed by atoms with Crippen LogP contribution in [0.1, 0.15) is 22.8 Å². The molecule has 5 heteroatoms. The monoisotopic (exact) mass is 329 g/mol. The molecule has 4 nitrogen and oxygen atoms in total. The fraction of sp³-hybridized carbons (Fsp3) is 0.222. The van der Waals surface area contributed by atoms with Gasteiger partial charge >= 0.3 is 5.97 Å². The highest BCUT2D eigenvalue weighted by molar-refractivity contribution is 7.99. The van der Waals surface area contributed by atoms with Crippen molar-refractivity contribution in [1.82, 2.24) is 5.32 Å². The highest BCUT2D eigenvalue weighted by Gasteiger charge is 2.27. The second kappa shape index (κ2) is 8.39. The minimum absolute atomic E-state index is 0.250. The number of carbonyl (C=O) groups is 2. The van der Waals surface area contributed by atoms with Crippen molar-refractivity contribution in [3.8, 4) is 0 Å². The van der Waals surface area contributed by atoms with E-state index in [4.69, 9.17) is 0 Å². The number of amides is 1. The van der Waals surface area contributed by atoms with Crippen LogP contribution >= 0.6 is 11.8 Å². The van der Waals surface area contributed by atoms with Gasteiger partial charge in [-0.2, -0.15) is 11.8 Å². The highest BCUT2D eigenvalue weighted by Crippen LogP contribution is 2.20. The first kappa shape index (κ1) is 17.1. The van der Waals surface area contributed by atoms with Crippen molar-refractivity contribution in [2.45, 2.75) is 24.0 Å². The first-order valence-electron chi connectivity index (χ1n) is 7.32. The summed E-state index contributed by atoms with van der Waals surface area (Å²) < 4.78 is 0. The van der Waals surface area contributed by atoms with Gasteiger partial charge in [-0.15, -0.1) is 0 Å². The summed E-state index contributed by atoms with van der Waals surface area (Å²) in [5.74, 6) is -0.694. The molecular formula is C18H19NO3S. The number of thioether (sulfide) groups is 1. The molecule has 0 bridgehead atoms. The lowest BCUT2D eigenvalue weighted by Crippen LogP contribution is -2.46. The molecule has 0 aliphatic heterocycles. The normalized spacial score (nSPS) is 13.1. The van der Waals surface area contributed by atoms with Crippen molar-refractivity contribution in [3.63, 3.8) is 0 Å². The molecule has 2 aromatic carbocycles. The molecule has 23 heavy (non-hydrogen) atoms. The Kier molecular flexibility index (Phi) is 6.23. The molecule has 0 heterocycles. The lowest BCUT2D eigenvalue weighted by atomic mass is 10.1. The second-order valence-corrected chi connectivity index (χ2v) is 6.52. The lowest BCUT2D eigenvalue weighted by molar-refractivity contribution is -0.139. The number of hydrogen-bond donors (Lipinski definition) is 2. The molecule has 0 saturated heterocycles. The van der Waals surface area contributed by atoms with Crippen LogP contribution in [0.2, 0.25) is 0 Å². The summed E-state index contributed by atoms with van der Waals surface area (Å²) in [5, 5.41) is 11.8. The third-order valence-electron chi connectivity index (χ3n) is 3.41. The summed E-state index contributed by atoms with van der Waals surface area (Å²) in [5.41, 5.74) is 1.59. The molecule has 0 aromatic heterocycles. The Hall–Kier alpha value is -2.27. The first-order chi connectivity index (χ1) is 11.1. The first-order valence-corrected chi connectivity index (χ1v) is 8.37. The summed E-state index contributed by atoms with van der Waals surface area (Å²) in [6.07, 6.45) is 0. The van der Waals surface area contributed by atoms with E-state index in [1.807, 2.05) is 43.3 Å². The predicted octanol–water partition coefficient (Wildman–Crippen LogP) is 3.19. The van der Waals surface area contributed by atoms with Crippen LogP contribution in [-0.2, 0) is 10.5 Å². The van der Waals surface area contributed by atoms with Crippen molar-refractivity contribution < 1.29 is 14.7 Å². The summed E-state index contributed by atoms with van der Waals surface area (Å²) in [6.45, 7) is 1.82. The molecule has 2 aromatic rings. The number of nitrogens with one attached hydrogen (secondary N) is 1. The molecule has 2 rings (SSSR count). The van der Waals surface area contributed by atoms with Crippen LogP contribution in [0.25, 0.3) is 0 Å². The average molecular weight is 329 g/mol. The topological polar surface area (TPSA) is 66.4 Å². The zero-order chi connectivity index (χ0) is 16.7. The third kappa shape index (κ3) is 5.14. The quantitative estimate of drug-likeness (QED) is 0.819. The Morgan fingerprint density at radius 1 is 1.04 bits per heavy atom. The van der Waals surface area contributed by atoms with Crippen LogP contribution in [0.3, 0.4) is 0 Å². The summed E-state index contributed by atoms with van der Waals surface area (Å²) in [4.78, 5) is 23.6. The number of carbonyl (C=O) groups excluding carboxylic acids is 1. The molecule has 120 valence electrons. The number of rotatable bonds is 7. The highest BCUT2D eigenvalue weighted by atomic mass is 32.2. The fourth-order valence-corrected chi connectivity index (χ4v) is 3.12. The van der Waals surface area contributed by atoms with Gasteiger partial charge in [0.1, 0.15) is 6.04 Å². The smallest absolute Gasteiger partial charge is 0.327 e. The van der Waals surface area contributed by atoms with Crippen molar-refractivity contribution >= 4 is 23.6 Å².